The lowest BCUT2D eigenvalue weighted by atomic mass is 10.4. The van der Waals surface area contributed by atoms with Crippen molar-refractivity contribution in [3.63, 3.8) is 0 Å². The maximum Gasteiger partial charge on any atom is 0.274 e. The third-order valence-corrected chi connectivity index (χ3v) is 5.49. The highest BCUT2D eigenvalue weighted by Gasteiger charge is 2.04. The standard InChI is InChI=1S/C17H24N6O2S2/c1-14-16(22-13-21-14)12-27-9-7-20-17(10-23(24)25)19-6-8-26-11-15-4-2-3-5-18-15/h2-5,10,13,19-20H,6-9,11-12H2,1H3,(H,21,22)/b17-10-. The molecule has 0 saturated heterocycles. The van der Waals surface area contributed by atoms with E-state index in [0.717, 1.165) is 46.3 Å². The van der Waals surface area contributed by atoms with Crippen LogP contribution in [-0.4, -0.2) is 44.5 Å². The van der Waals surface area contributed by atoms with Crippen LogP contribution in [0.5, 0.6) is 0 Å². The first-order chi connectivity index (χ1) is 13.1. The van der Waals surface area contributed by atoms with Gasteiger partial charge in [-0.2, -0.15) is 23.5 Å². The molecule has 0 bridgehead atoms. The molecular formula is C17H24N6O2S2. The SMILES string of the molecule is Cc1nc[nH]c1CSCCN/C(=C\[N+](=O)[O-])NCCSCc1ccccn1. The number of nitro groups is 1. The molecule has 3 N–H and O–H groups in total. The number of nitrogens with one attached hydrogen (secondary N) is 3. The fourth-order valence-electron chi connectivity index (χ4n) is 2.14. The molecule has 0 radical (unpaired) electrons. The van der Waals surface area contributed by atoms with Gasteiger partial charge in [-0.25, -0.2) is 4.98 Å². The van der Waals surface area contributed by atoms with Crippen molar-refractivity contribution in [1.82, 2.24) is 25.6 Å². The van der Waals surface area contributed by atoms with E-state index in [1.807, 2.05) is 25.1 Å². The number of aromatic amines is 1. The Balaban J connectivity index is 1.61. The van der Waals surface area contributed by atoms with E-state index in [1.54, 1.807) is 36.0 Å². The molecule has 2 aromatic rings. The molecule has 2 aromatic heterocycles. The summed E-state index contributed by atoms with van der Waals surface area (Å²) in [4.78, 5) is 21.9. The molecule has 0 fully saturated rings. The summed E-state index contributed by atoms with van der Waals surface area (Å²) in [5.74, 6) is 3.79. The van der Waals surface area contributed by atoms with E-state index in [9.17, 15) is 10.1 Å². The summed E-state index contributed by atoms with van der Waals surface area (Å²) in [6.07, 6.45) is 4.45. The van der Waals surface area contributed by atoms with Crippen LogP contribution in [0.1, 0.15) is 17.1 Å². The van der Waals surface area contributed by atoms with Crippen LogP contribution in [0.3, 0.4) is 0 Å². The van der Waals surface area contributed by atoms with E-state index in [2.05, 4.69) is 25.6 Å². The van der Waals surface area contributed by atoms with Crippen LogP contribution >= 0.6 is 23.5 Å². The average Bonchev–Trinajstić information content (AvgIpc) is 3.06. The molecular weight excluding hydrogens is 384 g/mol. The van der Waals surface area contributed by atoms with Gasteiger partial charge in [0, 0.05) is 48.0 Å². The molecule has 0 aromatic carbocycles. The molecule has 0 atom stereocenters. The molecule has 0 aliphatic carbocycles. The van der Waals surface area contributed by atoms with Gasteiger partial charge in [-0.3, -0.25) is 15.1 Å². The van der Waals surface area contributed by atoms with Crippen LogP contribution in [0.4, 0.5) is 0 Å². The number of aryl methyl sites for hydroxylation is 1. The molecule has 146 valence electrons. The summed E-state index contributed by atoms with van der Waals surface area (Å²) < 4.78 is 0. The first-order valence-corrected chi connectivity index (χ1v) is 10.8. The Hall–Kier alpha value is -2.20. The summed E-state index contributed by atoms with van der Waals surface area (Å²) in [5, 5.41) is 17.0. The lowest BCUT2D eigenvalue weighted by Crippen LogP contribution is -2.30. The van der Waals surface area contributed by atoms with Gasteiger partial charge in [0.15, 0.2) is 5.82 Å². The highest BCUT2D eigenvalue weighted by molar-refractivity contribution is 7.98. The van der Waals surface area contributed by atoms with E-state index in [4.69, 9.17) is 0 Å². The van der Waals surface area contributed by atoms with Crippen LogP contribution in [-0.2, 0) is 11.5 Å². The van der Waals surface area contributed by atoms with Gasteiger partial charge in [0.1, 0.15) is 0 Å². The summed E-state index contributed by atoms with van der Waals surface area (Å²) in [6.45, 7) is 3.26. The number of rotatable bonds is 13. The van der Waals surface area contributed by atoms with Gasteiger partial charge in [0.05, 0.1) is 22.6 Å². The monoisotopic (exact) mass is 408 g/mol. The van der Waals surface area contributed by atoms with Crippen molar-refractivity contribution in [1.29, 1.82) is 0 Å². The Morgan fingerprint density at radius 3 is 2.56 bits per heavy atom. The second kappa shape index (κ2) is 12.2. The number of H-pyrrole nitrogens is 1. The van der Waals surface area contributed by atoms with Gasteiger partial charge in [-0.1, -0.05) is 6.07 Å². The van der Waals surface area contributed by atoms with Crippen molar-refractivity contribution in [2.45, 2.75) is 18.4 Å². The molecule has 27 heavy (non-hydrogen) atoms. The van der Waals surface area contributed by atoms with E-state index in [1.165, 1.54) is 0 Å². The van der Waals surface area contributed by atoms with Crippen molar-refractivity contribution in [3.8, 4) is 0 Å². The molecule has 2 heterocycles. The van der Waals surface area contributed by atoms with Crippen LogP contribution < -0.4 is 10.6 Å². The highest BCUT2D eigenvalue weighted by atomic mass is 32.2. The van der Waals surface area contributed by atoms with Crippen molar-refractivity contribution >= 4 is 23.5 Å². The van der Waals surface area contributed by atoms with Gasteiger partial charge in [-0.15, -0.1) is 0 Å². The van der Waals surface area contributed by atoms with E-state index >= 15 is 0 Å². The zero-order valence-corrected chi connectivity index (χ0v) is 16.8. The van der Waals surface area contributed by atoms with Gasteiger partial charge in [0.2, 0.25) is 0 Å². The topological polar surface area (TPSA) is 109 Å². The first kappa shape index (κ1) is 21.1. The second-order valence-corrected chi connectivity index (χ2v) is 7.78. The van der Waals surface area contributed by atoms with Crippen molar-refractivity contribution < 1.29 is 4.92 Å². The quantitative estimate of drug-likeness (QED) is 0.264. The molecule has 0 spiro atoms. The molecule has 0 aliphatic heterocycles. The number of aromatic nitrogens is 3. The number of imidazole rings is 1. The molecule has 8 nitrogen and oxygen atoms in total. The minimum Gasteiger partial charge on any atom is -0.366 e. The number of thioether (sulfide) groups is 2. The van der Waals surface area contributed by atoms with E-state index in [0.29, 0.717) is 18.9 Å². The maximum atomic E-state index is 10.8. The number of nitrogens with zero attached hydrogens (tertiary/aromatic N) is 3. The van der Waals surface area contributed by atoms with Gasteiger partial charge < -0.3 is 15.6 Å². The van der Waals surface area contributed by atoms with Crippen molar-refractivity contribution in [2.75, 3.05) is 24.6 Å². The summed E-state index contributed by atoms with van der Waals surface area (Å²) in [6, 6.07) is 5.85. The lowest BCUT2D eigenvalue weighted by Gasteiger charge is -2.11. The van der Waals surface area contributed by atoms with Crippen LogP contribution in [0.25, 0.3) is 0 Å². The van der Waals surface area contributed by atoms with Crippen molar-refractivity contribution in [2.24, 2.45) is 0 Å². The smallest absolute Gasteiger partial charge is 0.274 e. The predicted octanol–water partition coefficient (Wildman–Crippen LogP) is 2.53. The molecule has 0 aliphatic rings. The van der Waals surface area contributed by atoms with Gasteiger partial charge >= 0.3 is 0 Å². The Morgan fingerprint density at radius 2 is 1.96 bits per heavy atom. The molecule has 0 saturated carbocycles. The highest BCUT2D eigenvalue weighted by Crippen LogP contribution is 2.12. The first-order valence-electron chi connectivity index (χ1n) is 8.52. The molecule has 2 rings (SSSR count). The van der Waals surface area contributed by atoms with E-state index in [-0.39, 0.29) is 0 Å². The minimum absolute atomic E-state index is 0.441. The Bertz CT molecular complexity index is 723. The van der Waals surface area contributed by atoms with Crippen LogP contribution in [0, 0.1) is 17.0 Å². The molecule has 0 unspecified atom stereocenters. The number of pyridine rings is 1. The van der Waals surface area contributed by atoms with Gasteiger partial charge in [0.25, 0.3) is 6.20 Å². The van der Waals surface area contributed by atoms with Crippen LogP contribution in [0.15, 0.2) is 42.7 Å². The maximum absolute atomic E-state index is 10.8. The second-order valence-electron chi connectivity index (χ2n) is 5.57. The summed E-state index contributed by atoms with van der Waals surface area (Å²) in [5.41, 5.74) is 3.16. The minimum atomic E-state index is -0.447. The zero-order valence-electron chi connectivity index (χ0n) is 15.2. The van der Waals surface area contributed by atoms with E-state index < -0.39 is 4.92 Å². The fourth-order valence-corrected chi connectivity index (χ4v) is 3.80. The average molecular weight is 409 g/mol. The van der Waals surface area contributed by atoms with Gasteiger partial charge in [-0.05, 0) is 19.1 Å². The third kappa shape index (κ3) is 8.83. The normalized spacial score (nSPS) is 11.4. The Kier molecular flexibility index (Phi) is 9.56. The largest absolute Gasteiger partial charge is 0.366 e. The number of hydrogen-bond acceptors (Lipinski definition) is 8. The van der Waals surface area contributed by atoms with Crippen LogP contribution in [0.2, 0.25) is 0 Å². The zero-order chi connectivity index (χ0) is 19.3. The predicted molar refractivity (Wildman–Crippen MR) is 111 cm³/mol. The van der Waals surface area contributed by atoms with Crippen molar-refractivity contribution in [3.05, 3.63) is 69.9 Å². The number of hydrogen-bond donors (Lipinski definition) is 3. The lowest BCUT2D eigenvalue weighted by molar-refractivity contribution is -0.404. The Morgan fingerprint density at radius 1 is 1.22 bits per heavy atom. The molecule has 10 heteroatoms. The Labute approximate surface area is 167 Å². The molecule has 0 amide bonds. The summed E-state index contributed by atoms with van der Waals surface area (Å²) >= 11 is 3.48. The fraction of sp³-hybridized carbons (Fsp3) is 0.412. The third-order valence-electron chi connectivity index (χ3n) is 3.51. The summed E-state index contributed by atoms with van der Waals surface area (Å²) in [7, 11) is 0.